The molecule has 0 spiro atoms. The van der Waals surface area contributed by atoms with E-state index in [1.54, 1.807) is 0 Å². The number of nitrogens with one attached hydrogen (secondary N) is 1. The normalized spacial score (nSPS) is 31.1. The van der Waals surface area contributed by atoms with Crippen LogP contribution >= 0.6 is 12.4 Å². The fourth-order valence-corrected chi connectivity index (χ4v) is 1.95. The number of aliphatic hydroxyl groups excluding tert-OH is 1. The molecule has 14 heavy (non-hydrogen) atoms. The first-order valence-corrected chi connectivity index (χ1v) is 4.72. The van der Waals surface area contributed by atoms with Crippen molar-refractivity contribution in [3.05, 3.63) is 35.9 Å². The summed E-state index contributed by atoms with van der Waals surface area (Å²) in [4.78, 5) is 0. The highest BCUT2D eigenvalue weighted by molar-refractivity contribution is 5.85. The van der Waals surface area contributed by atoms with E-state index < -0.39 is 0 Å². The first-order chi connectivity index (χ1) is 6.23. The molecule has 1 aromatic rings. The molecule has 0 saturated carbocycles. The van der Waals surface area contributed by atoms with E-state index in [1.807, 2.05) is 18.2 Å². The number of benzene rings is 1. The van der Waals surface area contributed by atoms with Gasteiger partial charge in [-0.25, -0.2) is 0 Å². The number of hydrogen-bond donors (Lipinski definition) is 2. The van der Waals surface area contributed by atoms with E-state index in [-0.39, 0.29) is 24.0 Å². The molecule has 0 amide bonds. The second-order valence-electron chi connectivity index (χ2n) is 3.80. The molecule has 0 bridgehead atoms. The van der Waals surface area contributed by atoms with E-state index in [0.29, 0.717) is 0 Å². The molecule has 78 valence electrons. The van der Waals surface area contributed by atoms with Gasteiger partial charge in [0, 0.05) is 0 Å². The van der Waals surface area contributed by atoms with Crippen LogP contribution in [0.25, 0.3) is 0 Å². The Kier molecular flexibility index (Phi) is 3.53. The summed E-state index contributed by atoms with van der Waals surface area (Å²) in [6, 6.07) is 10.1. The van der Waals surface area contributed by atoms with Crippen LogP contribution in [0.3, 0.4) is 0 Å². The quantitative estimate of drug-likeness (QED) is 0.744. The standard InChI is InChI=1S/C11H15NO.ClH/c1-11(10(13)7-8-12-11)9-5-3-2-4-6-9;/h2-6,10,12-13H,7-8H2,1H3;1H. The van der Waals surface area contributed by atoms with Crippen LogP contribution < -0.4 is 5.32 Å². The Morgan fingerprint density at radius 2 is 2.00 bits per heavy atom. The topological polar surface area (TPSA) is 32.3 Å². The lowest BCUT2D eigenvalue weighted by Gasteiger charge is -2.28. The lowest BCUT2D eigenvalue weighted by molar-refractivity contribution is 0.107. The molecule has 1 fully saturated rings. The number of halogens is 1. The molecule has 0 radical (unpaired) electrons. The molecule has 2 atom stereocenters. The van der Waals surface area contributed by atoms with Crippen molar-refractivity contribution in [2.45, 2.75) is 25.0 Å². The summed E-state index contributed by atoms with van der Waals surface area (Å²) in [6.07, 6.45) is 0.570. The van der Waals surface area contributed by atoms with Gasteiger partial charge in [0.1, 0.15) is 0 Å². The monoisotopic (exact) mass is 213 g/mol. The smallest absolute Gasteiger partial charge is 0.0772 e. The minimum Gasteiger partial charge on any atom is -0.391 e. The summed E-state index contributed by atoms with van der Waals surface area (Å²) in [7, 11) is 0. The highest BCUT2D eigenvalue weighted by atomic mass is 35.5. The maximum absolute atomic E-state index is 9.84. The molecule has 2 nitrogen and oxygen atoms in total. The van der Waals surface area contributed by atoms with E-state index in [4.69, 9.17) is 0 Å². The lowest BCUT2D eigenvalue weighted by Crippen LogP contribution is -2.41. The molecule has 0 aliphatic carbocycles. The molecule has 1 aromatic carbocycles. The third kappa shape index (κ3) is 1.78. The van der Waals surface area contributed by atoms with Crippen LogP contribution in [-0.2, 0) is 5.54 Å². The average molecular weight is 214 g/mol. The van der Waals surface area contributed by atoms with Gasteiger partial charge in [0.05, 0.1) is 11.6 Å². The second-order valence-corrected chi connectivity index (χ2v) is 3.80. The first kappa shape index (κ1) is 11.5. The van der Waals surface area contributed by atoms with Crippen molar-refractivity contribution in [1.82, 2.24) is 5.32 Å². The van der Waals surface area contributed by atoms with Crippen LogP contribution in [-0.4, -0.2) is 17.8 Å². The van der Waals surface area contributed by atoms with Crippen molar-refractivity contribution >= 4 is 12.4 Å². The van der Waals surface area contributed by atoms with E-state index in [0.717, 1.165) is 13.0 Å². The molecule has 1 aliphatic rings. The summed E-state index contributed by atoms with van der Waals surface area (Å²) in [6.45, 7) is 2.95. The van der Waals surface area contributed by atoms with Crippen LogP contribution in [0, 0.1) is 0 Å². The van der Waals surface area contributed by atoms with Gasteiger partial charge < -0.3 is 10.4 Å². The largest absolute Gasteiger partial charge is 0.391 e. The van der Waals surface area contributed by atoms with Crippen molar-refractivity contribution in [2.24, 2.45) is 0 Å². The molecular weight excluding hydrogens is 198 g/mol. The van der Waals surface area contributed by atoms with Gasteiger partial charge in [-0.05, 0) is 25.5 Å². The van der Waals surface area contributed by atoms with Gasteiger partial charge in [-0.15, -0.1) is 12.4 Å². The Balaban J connectivity index is 0.000000980. The number of rotatable bonds is 1. The Hall–Kier alpha value is -0.570. The van der Waals surface area contributed by atoms with E-state index in [1.165, 1.54) is 5.56 Å². The molecule has 2 unspecified atom stereocenters. The van der Waals surface area contributed by atoms with Crippen LogP contribution in [0.5, 0.6) is 0 Å². The predicted octanol–water partition coefficient (Wildman–Crippen LogP) is 1.68. The van der Waals surface area contributed by atoms with Crippen molar-refractivity contribution in [2.75, 3.05) is 6.54 Å². The Labute approximate surface area is 90.7 Å². The molecule has 2 rings (SSSR count). The zero-order valence-corrected chi connectivity index (χ0v) is 9.05. The van der Waals surface area contributed by atoms with Gasteiger partial charge >= 0.3 is 0 Å². The van der Waals surface area contributed by atoms with Crippen LogP contribution in [0.1, 0.15) is 18.9 Å². The van der Waals surface area contributed by atoms with E-state index >= 15 is 0 Å². The Morgan fingerprint density at radius 3 is 2.50 bits per heavy atom. The SMILES string of the molecule is CC1(c2ccccc2)NCCC1O.Cl. The molecule has 1 aliphatic heterocycles. The van der Waals surface area contributed by atoms with Gasteiger partial charge in [-0.3, -0.25) is 0 Å². The van der Waals surface area contributed by atoms with Crippen molar-refractivity contribution in [3.8, 4) is 0 Å². The van der Waals surface area contributed by atoms with Gasteiger partial charge in [-0.2, -0.15) is 0 Å². The third-order valence-corrected chi connectivity index (χ3v) is 2.95. The summed E-state index contributed by atoms with van der Waals surface area (Å²) >= 11 is 0. The van der Waals surface area contributed by atoms with Crippen LogP contribution in [0.15, 0.2) is 30.3 Å². The van der Waals surface area contributed by atoms with Crippen LogP contribution in [0.4, 0.5) is 0 Å². The van der Waals surface area contributed by atoms with Crippen molar-refractivity contribution in [1.29, 1.82) is 0 Å². The van der Waals surface area contributed by atoms with Crippen molar-refractivity contribution in [3.63, 3.8) is 0 Å². The molecule has 0 aromatic heterocycles. The number of hydrogen-bond acceptors (Lipinski definition) is 2. The lowest BCUT2D eigenvalue weighted by atomic mass is 9.88. The number of aliphatic hydroxyl groups is 1. The molecule has 2 N–H and O–H groups in total. The zero-order chi connectivity index (χ0) is 9.31. The molecule has 1 heterocycles. The van der Waals surface area contributed by atoms with Gasteiger partial charge in [0.15, 0.2) is 0 Å². The molecule has 3 heteroatoms. The van der Waals surface area contributed by atoms with Crippen LogP contribution in [0.2, 0.25) is 0 Å². The fourth-order valence-electron chi connectivity index (χ4n) is 1.95. The maximum atomic E-state index is 9.84. The van der Waals surface area contributed by atoms with E-state index in [9.17, 15) is 5.11 Å². The molecule has 1 saturated heterocycles. The summed E-state index contributed by atoms with van der Waals surface area (Å²) in [5.74, 6) is 0. The van der Waals surface area contributed by atoms with E-state index in [2.05, 4.69) is 24.4 Å². The van der Waals surface area contributed by atoms with Crippen molar-refractivity contribution < 1.29 is 5.11 Å². The molecular formula is C11H16ClNO. The second kappa shape index (κ2) is 4.30. The average Bonchev–Trinajstić information content (AvgIpc) is 2.50. The summed E-state index contributed by atoms with van der Waals surface area (Å²) in [5, 5.41) is 13.2. The third-order valence-electron chi connectivity index (χ3n) is 2.95. The van der Waals surface area contributed by atoms with Gasteiger partial charge in [0.2, 0.25) is 0 Å². The maximum Gasteiger partial charge on any atom is 0.0772 e. The fraction of sp³-hybridized carbons (Fsp3) is 0.455. The predicted molar refractivity (Wildman–Crippen MR) is 59.7 cm³/mol. The van der Waals surface area contributed by atoms with Gasteiger partial charge in [0.25, 0.3) is 0 Å². The highest BCUT2D eigenvalue weighted by Gasteiger charge is 2.38. The summed E-state index contributed by atoms with van der Waals surface area (Å²) in [5.41, 5.74) is 0.918. The minimum absolute atomic E-state index is 0. The Morgan fingerprint density at radius 1 is 1.36 bits per heavy atom. The summed E-state index contributed by atoms with van der Waals surface area (Å²) < 4.78 is 0. The van der Waals surface area contributed by atoms with Gasteiger partial charge in [-0.1, -0.05) is 30.3 Å². The first-order valence-electron chi connectivity index (χ1n) is 4.72. The Bertz CT molecular complexity index is 291. The zero-order valence-electron chi connectivity index (χ0n) is 8.23. The minimum atomic E-state index is -0.269. The highest BCUT2D eigenvalue weighted by Crippen LogP contribution is 2.30.